The van der Waals surface area contributed by atoms with Crippen LogP contribution >= 0.6 is 0 Å². The van der Waals surface area contributed by atoms with Crippen LogP contribution in [0.2, 0.25) is 0 Å². The minimum Gasteiger partial charge on any atom is -0.368 e. The van der Waals surface area contributed by atoms with E-state index in [2.05, 4.69) is 9.97 Å². The third-order valence-corrected chi connectivity index (χ3v) is 2.79. The van der Waals surface area contributed by atoms with Gasteiger partial charge < -0.3 is 10.6 Å². The van der Waals surface area contributed by atoms with Gasteiger partial charge in [-0.05, 0) is 19.1 Å². The highest BCUT2D eigenvalue weighted by atomic mass is 19.4. The molecule has 0 aliphatic heterocycles. The highest BCUT2D eigenvalue weighted by molar-refractivity contribution is 5.60. The number of nitrogens with zero attached hydrogens (tertiary/aromatic N) is 3. The molecule has 0 atom stereocenters. The lowest BCUT2D eigenvalue weighted by atomic mass is 10.2. The van der Waals surface area contributed by atoms with E-state index in [0.717, 1.165) is 11.6 Å². The van der Waals surface area contributed by atoms with Crippen molar-refractivity contribution in [1.29, 1.82) is 0 Å². The predicted octanol–water partition coefficient (Wildman–Crippen LogP) is 3.15. The second kappa shape index (κ2) is 4.99. The minimum atomic E-state index is -4.56. The van der Waals surface area contributed by atoms with E-state index in [1.165, 1.54) is 4.90 Å². The van der Waals surface area contributed by atoms with Crippen molar-refractivity contribution in [1.82, 2.24) is 9.97 Å². The number of rotatable bonds is 2. The lowest BCUT2D eigenvalue weighted by Crippen LogP contribution is -2.16. The van der Waals surface area contributed by atoms with E-state index in [1.807, 2.05) is 19.1 Å². The monoisotopic (exact) mass is 282 g/mol. The molecule has 1 aromatic heterocycles. The van der Waals surface area contributed by atoms with Gasteiger partial charge in [0, 0.05) is 18.8 Å². The first-order valence-corrected chi connectivity index (χ1v) is 5.79. The average Bonchev–Trinajstić information content (AvgIpc) is 2.37. The van der Waals surface area contributed by atoms with Gasteiger partial charge in [-0.15, -0.1) is 0 Å². The van der Waals surface area contributed by atoms with Crippen LogP contribution in [-0.2, 0) is 6.18 Å². The molecule has 1 heterocycles. The van der Waals surface area contributed by atoms with E-state index in [-0.39, 0.29) is 5.82 Å². The van der Waals surface area contributed by atoms with Crippen LogP contribution < -0.4 is 10.6 Å². The summed E-state index contributed by atoms with van der Waals surface area (Å²) in [7, 11) is 1.62. The SMILES string of the molecule is Cc1ccc(N(C)c2cc(C(F)(F)F)nc(N)n2)cc1. The molecule has 0 bridgehead atoms. The van der Waals surface area contributed by atoms with Crippen LogP contribution in [0.25, 0.3) is 0 Å². The van der Waals surface area contributed by atoms with E-state index in [1.54, 1.807) is 19.2 Å². The van der Waals surface area contributed by atoms with Gasteiger partial charge in [-0.2, -0.15) is 18.2 Å². The number of aryl methyl sites for hydroxylation is 1. The summed E-state index contributed by atoms with van der Waals surface area (Å²) in [6.07, 6.45) is -4.56. The van der Waals surface area contributed by atoms with Gasteiger partial charge in [0.1, 0.15) is 5.82 Å². The number of aromatic nitrogens is 2. The van der Waals surface area contributed by atoms with Crippen molar-refractivity contribution in [3.8, 4) is 0 Å². The molecule has 2 aromatic rings. The molecule has 0 radical (unpaired) electrons. The van der Waals surface area contributed by atoms with Gasteiger partial charge >= 0.3 is 6.18 Å². The van der Waals surface area contributed by atoms with Crippen molar-refractivity contribution in [2.45, 2.75) is 13.1 Å². The Kier molecular flexibility index (Phi) is 3.52. The Morgan fingerprint density at radius 2 is 1.70 bits per heavy atom. The summed E-state index contributed by atoms with van der Waals surface area (Å²) in [4.78, 5) is 8.57. The lowest BCUT2D eigenvalue weighted by molar-refractivity contribution is -0.141. The molecule has 4 nitrogen and oxygen atoms in total. The molecule has 0 fully saturated rings. The van der Waals surface area contributed by atoms with Gasteiger partial charge in [0.15, 0.2) is 5.69 Å². The molecule has 0 saturated heterocycles. The smallest absolute Gasteiger partial charge is 0.368 e. The highest BCUT2D eigenvalue weighted by Crippen LogP contribution is 2.31. The summed E-state index contributed by atoms with van der Waals surface area (Å²) < 4.78 is 38.1. The van der Waals surface area contributed by atoms with Crippen LogP contribution in [0, 0.1) is 6.92 Å². The molecule has 0 unspecified atom stereocenters. The number of nitrogen functional groups attached to an aromatic ring is 1. The van der Waals surface area contributed by atoms with Crippen LogP contribution in [0.3, 0.4) is 0 Å². The van der Waals surface area contributed by atoms with Gasteiger partial charge in [0.05, 0.1) is 0 Å². The molecular formula is C13H13F3N4. The Morgan fingerprint density at radius 1 is 1.10 bits per heavy atom. The Morgan fingerprint density at radius 3 is 2.25 bits per heavy atom. The van der Waals surface area contributed by atoms with Gasteiger partial charge in [0.2, 0.25) is 5.95 Å². The number of hydrogen-bond acceptors (Lipinski definition) is 4. The fraction of sp³-hybridized carbons (Fsp3) is 0.231. The summed E-state index contributed by atoms with van der Waals surface area (Å²) in [5.41, 5.74) is 6.06. The molecular weight excluding hydrogens is 269 g/mol. The highest BCUT2D eigenvalue weighted by Gasteiger charge is 2.33. The van der Waals surface area contributed by atoms with Crippen molar-refractivity contribution < 1.29 is 13.2 Å². The van der Waals surface area contributed by atoms with Gasteiger partial charge in [-0.3, -0.25) is 0 Å². The van der Waals surface area contributed by atoms with Gasteiger partial charge in [0.25, 0.3) is 0 Å². The summed E-state index contributed by atoms with van der Waals surface area (Å²) in [6, 6.07) is 8.18. The number of nitrogens with two attached hydrogens (primary N) is 1. The standard InChI is InChI=1S/C13H13F3N4/c1-8-3-5-9(6-4-8)20(2)11-7-10(13(14,15)16)18-12(17)19-11/h3-7H,1-2H3,(H2,17,18,19). The van der Waals surface area contributed by atoms with Gasteiger partial charge in [-0.1, -0.05) is 17.7 Å². The minimum absolute atomic E-state index is 0.0914. The topological polar surface area (TPSA) is 55.0 Å². The molecule has 7 heteroatoms. The number of hydrogen-bond donors (Lipinski definition) is 1. The Hall–Kier alpha value is -2.31. The third kappa shape index (κ3) is 2.98. The van der Waals surface area contributed by atoms with E-state index in [0.29, 0.717) is 5.69 Å². The van der Waals surface area contributed by atoms with Gasteiger partial charge in [-0.25, -0.2) is 4.98 Å². The summed E-state index contributed by atoms with van der Waals surface area (Å²) in [6.45, 7) is 1.92. The molecule has 0 aliphatic carbocycles. The maximum atomic E-state index is 12.7. The largest absolute Gasteiger partial charge is 0.433 e. The average molecular weight is 282 g/mol. The zero-order chi connectivity index (χ0) is 14.9. The zero-order valence-corrected chi connectivity index (χ0v) is 10.9. The summed E-state index contributed by atoms with van der Waals surface area (Å²) in [5, 5.41) is 0. The second-order valence-electron chi connectivity index (χ2n) is 4.36. The zero-order valence-electron chi connectivity index (χ0n) is 10.9. The number of benzene rings is 1. The quantitative estimate of drug-likeness (QED) is 0.919. The summed E-state index contributed by atoms with van der Waals surface area (Å²) >= 11 is 0. The molecule has 106 valence electrons. The fourth-order valence-electron chi connectivity index (χ4n) is 1.67. The predicted molar refractivity (Wildman–Crippen MR) is 70.7 cm³/mol. The molecule has 1 aromatic carbocycles. The summed E-state index contributed by atoms with van der Waals surface area (Å²) in [5.74, 6) is -0.317. The number of halogens is 3. The number of alkyl halides is 3. The maximum absolute atomic E-state index is 12.7. The van der Waals surface area contributed by atoms with Crippen molar-refractivity contribution in [2.75, 3.05) is 17.7 Å². The molecule has 0 amide bonds. The normalized spacial score (nSPS) is 11.4. The van der Waals surface area contributed by atoms with Crippen LogP contribution in [-0.4, -0.2) is 17.0 Å². The van der Waals surface area contributed by atoms with Crippen LogP contribution in [0.15, 0.2) is 30.3 Å². The van der Waals surface area contributed by atoms with Crippen molar-refractivity contribution in [2.24, 2.45) is 0 Å². The molecule has 0 saturated carbocycles. The first-order chi connectivity index (χ1) is 9.27. The first kappa shape index (κ1) is 14.1. The molecule has 0 spiro atoms. The van der Waals surface area contributed by atoms with Crippen LogP contribution in [0.5, 0.6) is 0 Å². The molecule has 2 rings (SSSR count). The van der Waals surface area contributed by atoms with E-state index in [4.69, 9.17) is 5.73 Å². The van der Waals surface area contributed by atoms with E-state index < -0.39 is 17.8 Å². The van der Waals surface area contributed by atoms with Crippen LogP contribution in [0.1, 0.15) is 11.3 Å². The Labute approximate surface area is 114 Å². The third-order valence-electron chi connectivity index (χ3n) is 2.79. The van der Waals surface area contributed by atoms with Crippen LogP contribution in [0.4, 0.5) is 30.6 Å². The Bertz CT molecular complexity index is 608. The molecule has 20 heavy (non-hydrogen) atoms. The van der Waals surface area contributed by atoms with Crippen molar-refractivity contribution in [3.63, 3.8) is 0 Å². The lowest BCUT2D eigenvalue weighted by Gasteiger charge is -2.19. The van der Waals surface area contributed by atoms with E-state index >= 15 is 0 Å². The first-order valence-electron chi connectivity index (χ1n) is 5.79. The second-order valence-corrected chi connectivity index (χ2v) is 4.36. The Balaban J connectivity index is 2.42. The molecule has 0 aliphatic rings. The van der Waals surface area contributed by atoms with E-state index in [9.17, 15) is 13.2 Å². The maximum Gasteiger partial charge on any atom is 0.433 e. The number of anilines is 3. The van der Waals surface area contributed by atoms with Crippen molar-refractivity contribution in [3.05, 3.63) is 41.6 Å². The van der Waals surface area contributed by atoms with Crippen molar-refractivity contribution >= 4 is 17.5 Å². The fourth-order valence-corrected chi connectivity index (χ4v) is 1.67. The molecule has 2 N–H and O–H groups in total.